The molecule has 12 N–H and O–H groups in total. The number of aromatic amines is 3. The number of H-pyrrole nitrogens is 3. The lowest BCUT2D eigenvalue weighted by Gasteiger charge is -2.25. The van der Waals surface area contributed by atoms with Crippen LogP contribution in [0.15, 0.2) is 60.0 Å². The van der Waals surface area contributed by atoms with Crippen molar-refractivity contribution in [2.75, 3.05) is 32.2 Å². The first-order valence-electron chi connectivity index (χ1n) is 25.0. The first-order valence-corrected chi connectivity index (χ1v) is 32.6. The Labute approximate surface area is 478 Å². The van der Waals surface area contributed by atoms with Gasteiger partial charge in [-0.25, -0.2) is 52.2 Å². The van der Waals surface area contributed by atoms with Crippen LogP contribution in [-0.4, -0.2) is 158 Å². The molecule has 3 unspecified atom stereocenters. The molecule has 0 aromatic carbocycles. The number of nitrogens with two attached hydrogens (primary N) is 1. The minimum absolute atomic E-state index is 0.0122. The molecule has 4 fully saturated rings. The van der Waals surface area contributed by atoms with Gasteiger partial charge in [0.1, 0.15) is 85.6 Å². The molecule has 4 saturated heterocycles. The molecule has 0 saturated carbocycles. The molecule has 4 aliphatic heterocycles. The fourth-order valence-corrected chi connectivity index (χ4v) is 13.3. The molecule has 0 radical (unpaired) electrons. The third-order valence-corrected chi connectivity index (χ3v) is 17.5. The third-order valence-electron chi connectivity index (χ3n) is 13.5. The number of ether oxygens (including phenoxy) is 4. The van der Waals surface area contributed by atoms with Gasteiger partial charge in [-0.1, -0.05) is 0 Å². The first kappa shape index (κ1) is 65.2. The molecule has 0 bridgehead atoms. The Morgan fingerprint density at radius 3 is 1.15 bits per heavy atom. The second-order valence-electron chi connectivity index (χ2n) is 19.6. The van der Waals surface area contributed by atoms with Crippen molar-refractivity contribution in [3.8, 4) is 0 Å². The summed E-state index contributed by atoms with van der Waals surface area (Å²) in [6, 6.07) is 0. The zero-order valence-electron chi connectivity index (χ0n) is 44.4. The lowest BCUT2D eigenvalue weighted by Crippen LogP contribution is -2.33. The molecule has 4 aliphatic rings. The summed E-state index contributed by atoms with van der Waals surface area (Å²) in [6.07, 6.45) is -15.1. The molecule has 0 spiro atoms. The van der Waals surface area contributed by atoms with E-state index in [9.17, 15) is 85.8 Å². The number of phosphoric ester groups is 5. The zero-order chi connectivity index (χ0) is 62.6. The van der Waals surface area contributed by atoms with Crippen LogP contribution in [0.25, 0.3) is 11.2 Å². The van der Waals surface area contributed by atoms with E-state index in [1.54, 1.807) is 0 Å². The molecular formula is C40H54N11O30P5. The lowest BCUT2D eigenvalue weighted by atomic mass is 10.2. The van der Waals surface area contributed by atoms with Crippen molar-refractivity contribution >= 4 is 56.1 Å². The van der Waals surface area contributed by atoms with Crippen molar-refractivity contribution in [3.63, 3.8) is 0 Å². The third kappa shape index (κ3) is 15.8. The minimum Gasteiger partial charge on any atom is -0.382 e. The van der Waals surface area contributed by atoms with Crippen LogP contribution >= 0.6 is 39.1 Å². The number of imidazole rings is 1. The maximum atomic E-state index is 14.0. The standard InChI is InChI=1S/C40H54N11O30P5/c1-17-8-48(38(55)45-35(17)52)28-4-20(78-83(61,62)63)25(75-28)12-71-84(64,65)81-23-7-31(51-16-44-32-33(41)42-15-43-34(32)51)77-27(23)14-73-86(68,69)80-22-6-30(50-10-19(3)37(54)47-40(50)57)76-26(22)13-72-85(66,67)79-21-5-29(74-24(21)11-70-82(58,59)60)49-9-18(2)36(53)46-39(49)56/h8-10,15-16,20-31H,4-7,11-14H2,1-3H3,(H,64,65)(H,66,67)(H,68,69)(H2,41,42,43)(H,45,52,55)(H,46,53,56)(H,47,54,57)(H2,58,59,60)(H2,61,62,63)/t20-,21-,22-,23-,24+,25+,26+,27+,28+,29+,30+,31+/m0/s1. The lowest BCUT2D eigenvalue weighted by molar-refractivity contribution is -0.0630. The molecular weight excluding hydrogens is 1270 g/mol. The zero-order valence-corrected chi connectivity index (χ0v) is 48.9. The maximum Gasteiger partial charge on any atom is 0.472 e. The van der Waals surface area contributed by atoms with Gasteiger partial charge in [0.05, 0.1) is 32.8 Å². The first-order chi connectivity index (χ1) is 40.1. The summed E-state index contributed by atoms with van der Waals surface area (Å²) in [6.45, 7) is -0.0917. The van der Waals surface area contributed by atoms with Crippen LogP contribution in [0.5, 0.6) is 0 Å². The predicted molar refractivity (Wildman–Crippen MR) is 279 cm³/mol. The Kier molecular flexibility index (Phi) is 19.2. The van der Waals surface area contributed by atoms with Crippen molar-refractivity contribution in [2.45, 2.75) is 120 Å². The molecule has 15 atom stereocenters. The summed E-state index contributed by atoms with van der Waals surface area (Å²) >= 11 is 0. The van der Waals surface area contributed by atoms with Crippen LogP contribution in [0, 0.1) is 20.8 Å². The van der Waals surface area contributed by atoms with Crippen LogP contribution < -0.4 is 39.5 Å². The van der Waals surface area contributed by atoms with Gasteiger partial charge < -0.3 is 58.9 Å². The number of phosphoric acid groups is 5. The number of aryl methyl sites for hydroxylation is 3. The topological polar surface area (TPSA) is 572 Å². The number of rotatable bonds is 24. The molecule has 9 rings (SSSR count). The van der Waals surface area contributed by atoms with E-state index < -0.39 is 199 Å². The second-order valence-corrected chi connectivity index (χ2v) is 26.3. The summed E-state index contributed by atoms with van der Waals surface area (Å²) < 4.78 is 134. The van der Waals surface area contributed by atoms with Gasteiger partial charge in [0, 0.05) is 61.0 Å². The Morgan fingerprint density at radius 1 is 0.488 bits per heavy atom. The maximum absolute atomic E-state index is 14.0. The van der Waals surface area contributed by atoms with Gasteiger partial charge in [0.25, 0.3) is 16.7 Å². The molecule has 0 aliphatic carbocycles. The van der Waals surface area contributed by atoms with Crippen LogP contribution in [-0.2, 0) is 78.0 Å². The summed E-state index contributed by atoms with van der Waals surface area (Å²) in [5, 5.41) is 0. The van der Waals surface area contributed by atoms with E-state index in [1.165, 1.54) is 31.7 Å². The molecule has 86 heavy (non-hydrogen) atoms. The molecule has 41 nitrogen and oxygen atoms in total. The fraction of sp³-hybridized carbons (Fsp3) is 0.575. The Bertz CT molecular complexity index is 3990. The molecule has 46 heteroatoms. The number of anilines is 1. The number of fused-ring (bicyclic) bond motifs is 1. The van der Waals surface area contributed by atoms with Gasteiger partial charge >= 0.3 is 56.2 Å². The van der Waals surface area contributed by atoms with Gasteiger partial charge in [-0.2, -0.15) is 0 Å². The van der Waals surface area contributed by atoms with Gasteiger partial charge in [0.15, 0.2) is 11.5 Å². The average Bonchev–Trinajstić information content (AvgIpc) is 2.25. The average molecular weight is 1320 g/mol. The van der Waals surface area contributed by atoms with E-state index in [1.807, 2.05) is 9.97 Å². The van der Waals surface area contributed by atoms with Crippen LogP contribution in [0.2, 0.25) is 0 Å². The van der Waals surface area contributed by atoms with Crippen LogP contribution in [0.1, 0.15) is 67.3 Å². The Morgan fingerprint density at radius 2 is 0.814 bits per heavy atom. The highest BCUT2D eigenvalue weighted by molar-refractivity contribution is 7.48. The summed E-state index contributed by atoms with van der Waals surface area (Å²) in [7, 11) is -26.9. The van der Waals surface area contributed by atoms with Crippen molar-refractivity contribution in [1.82, 2.24) is 48.2 Å². The van der Waals surface area contributed by atoms with E-state index in [0.29, 0.717) is 0 Å². The molecule has 5 aromatic rings. The van der Waals surface area contributed by atoms with Gasteiger partial charge in [-0.15, -0.1) is 0 Å². The highest BCUT2D eigenvalue weighted by Crippen LogP contribution is 2.54. The summed E-state index contributed by atoms with van der Waals surface area (Å²) in [5.41, 5.74) is 0.906. The van der Waals surface area contributed by atoms with E-state index >= 15 is 0 Å². The smallest absolute Gasteiger partial charge is 0.382 e. The van der Waals surface area contributed by atoms with Crippen molar-refractivity contribution in [3.05, 3.63) is 110 Å². The monoisotopic (exact) mass is 1320 g/mol. The van der Waals surface area contributed by atoms with Crippen LogP contribution in [0.3, 0.4) is 0 Å². The highest BCUT2D eigenvalue weighted by Gasteiger charge is 2.49. The van der Waals surface area contributed by atoms with E-state index in [2.05, 4.69) is 24.5 Å². The highest BCUT2D eigenvalue weighted by atomic mass is 31.2. The number of nitrogens with zero attached hydrogens (tertiary/aromatic N) is 7. The second kappa shape index (κ2) is 25.3. The SMILES string of the molecule is Cc1cn([C@H]2C[C@H](OP(=O)(O)O)[C@@H](COP(=O)(O)O[C@H]3C[C@H](n4cnc5c(N)ncnc54)O[C@@H]3COP(=O)(O)O[C@H]3C[C@H](n4cc(C)c(=O)[nH]c4=O)O[C@@H]3COP(=O)(O)O[C@H]3C[C@H](n4cc(C)c(=O)[nH]c4=O)O[C@@H]3COP(=O)(O)O)O2)c(=O)[nH]c1=O. The van der Waals surface area contributed by atoms with Gasteiger partial charge in [-0.3, -0.25) is 83.8 Å². The fourth-order valence-electron chi connectivity index (χ4n) is 9.46. The van der Waals surface area contributed by atoms with E-state index in [-0.39, 0.29) is 33.7 Å². The Balaban J connectivity index is 0.918. The minimum atomic E-state index is -5.52. The van der Waals surface area contributed by atoms with E-state index in [0.717, 1.165) is 38.6 Å². The number of aromatic nitrogens is 10. The number of hydrogen-bond acceptors (Lipinski definition) is 27. The van der Waals surface area contributed by atoms with Gasteiger partial charge in [-0.05, 0) is 20.8 Å². The molecule has 9 heterocycles. The molecule has 5 aromatic heterocycles. The normalized spacial score (nSPS) is 28.4. The van der Waals surface area contributed by atoms with Gasteiger partial charge in [0.2, 0.25) is 0 Å². The van der Waals surface area contributed by atoms with Crippen molar-refractivity contribution in [2.24, 2.45) is 0 Å². The predicted octanol–water partition coefficient (Wildman–Crippen LogP) is -1.77. The Hall–Kier alpha value is -5.22. The van der Waals surface area contributed by atoms with Crippen molar-refractivity contribution < 1.29 is 112 Å². The largest absolute Gasteiger partial charge is 0.472 e. The van der Waals surface area contributed by atoms with Crippen LogP contribution in [0.4, 0.5) is 5.82 Å². The van der Waals surface area contributed by atoms with E-state index in [4.69, 9.17) is 56.3 Å². The quantitative estimate of drug-likeness (QED) is 0.0305. The number of nitrogen functional groups attached to an aromatic ring is 1. The number of nitrogens with one attached hydrogen (secondary N) is 3. The van der Waals surface area contributed by atoms with Crippen molar-refractivity contribution in [1.29, 1.82) is 0 Å². The molecule has 0 amide bonds. The summed E-state index contributed by atoms with van der Waals surface area (Å²) in [4.78, 5) is 165. The molecule has 474 valence electrons. The number of hydrogen-bond donors (Lipinski definition) is 11. The summed E-state index contributed by atoms with van der Waals surface area (Å²) in [5.74, 6) is -0.0598.